The fourth-order valence-corrected chi connectivity index (χ4v) is 17.8. The van der Waals surface area contributed by atoms with Gasteiger partial charge in [-0.05, 0) is 111 Å². The van der Waals surface area contributed by atoms with Gasteiger partial charge in [-0.3, -0.25) is 57.5 Å². The number of aliphatic hydroxyl groups is 1. The molecule has 1 heterocycles. The summed E-state index contributed by atoms with van der Waals surface area (Å²) in [6.45, 7) is 8.79. The number of hydrogen-bond donors (Lipinski definition) is 14. The van der Waals surface area contributed by atoms with Gasteiger partial charge in [-0.2, -0.15) is 17.2 Å². The number of primary amides is 3. The van der Waals surface area contributed by atoms with Crippen LogP contribution < -0.4 is 69.8 Å². The molecule has 0 aliphatic carbocycles. The van der Waals surface area contributed by atoms with Gasteiger partial charge in [-0.1, -0.05) is 104 Å². The number of rotatable bonds is 55. The van der Waals surface area contributed by atoms with Gasteiger partial charge in [0.05, 0.1) is 69.1 Å². The number of fused-ring (bicyclic) bond motifs is 1. The standard InChI is InChI=1S/C77H121N17O22S4/c1-47(2)31-55(84-74(104)63(83-52(10)96)27-29-67(78)97)37-91(117(12,108)109)42-71(101)90-66(34-53-19-15-14-16-20-53)77(107)87-58(45-95)40-94(120(114,115)60-25-23-59(116-11)24-26-60)44-72(102)89-65(33-49(5)6)76(106)86-57(35-54-36-81-62-22-18-17-21-61(54)62)38-92(118(13,110)111)41-70(100)88-64(28-30-68(79)98)75(105)85-56(32-48(3)4)39-93(119(112,113)46-50(7)8)43-69(99)82-51(9)73(80)103/h14-26,36,47-51,55-58,63-66,81,95H,27-35,37-46H2,1-13H3,(H2,78,97)(H2,79,98)(H2,80,103)(H,82,99)(H,83,96)(H,84,104)(H,85,105)(H,86,106)(H,87,107)(H,88,100)(H,89,102)(H,90,101)/t51-,55-,56-,57-,58+,63-,64-,65-,66-/m0/s1. The molecule has 4 rings (SSSR count). The molecule has 1 aromatic heterocycles. The molecule has 39 nitrogen and oxygen atoms in total. The van der Waals surface area contributed by atoms with Crippen molar-refractivity contribution in [1.82, 2.24) is 70.1 Å². The van der Waals surface area contributed by atoms with Crippen molar-refractivity contribution in [3.8, 4) is 5.75 Å². The van der Waals surface area contributed by atoms with Crippen molar-refractivity contribution in [3.63, 3.8) is 0 Å². The van der Waals surface area contributed by atoms with E-state index in [1.807, 2.05) is 0 Å². The first kappa shape index (κ1) is 103. The molecular weight excluding hydrogens is 1640 g/mol. The zero-order valence-corrected chi connectivity index (χ0v) is 73.5. The molecule has 0 radical (unpaired) electrons. The molecule has 0 spiro atoms. The van der Waals surface area contributed by atoms with Crippen LogP contribution in [0.25, 0.3) is 10.9 Å². The van der Waals surface area contributed by atoms with Crippen LogP contribution in [0.15, 0.2) is 90.0 Å². The zero-order valence-electron chi connectivity index (χ0n) is 70.2. The fourth-order valence-electron chi connectivity index (χ4n) is 13.0. The van der Waals surface area contributed by atoms with Crippen LogP contribution in [-0.2, 0) is 110 Å². The monoisotopic (exact) mass is 1760 g/mol. The lowest BCUT2D eigenvalue weighted by Gasteiger charge is -2.31. The van der Waals surface area contributed by atoms with Gasteiger partial charge in [0, 0.05) is 87.6 Å². The van der Waals surface area contributed by atoms with Crippen molar-refractivity contribution in [2.45, 2.75) is 186 Å². The molecule has 0 aliphatic rings. The minimum atomic E-state index is -4.88. The number of carbonyl (C=O) groups excluding carboxylic acids is 12. The second-order valence-corrected chi connectivity index (χ2v) is 39.4. The maximum absolute atomic E-state index is 15.1. The van der Waals surface area contributed by atoms with Gasteiger partial charge in [0.25, 0.3) is 0 Å². The summed E-state index contributed by atoms with van der Waals surface area (Å²) in [6.07, 6.45) is 1.44. The van der Waals surface area contributed by atoms with Gasteiger partial charge in [-0.25, -0.2) is 33.7 Å². The number of para-hydroxylation sites is 1. The molecule has 0 unspecified atom stereocenters. The number of carbonyl (C=O) groups is 12. The Labute approximate surface area is 702 Å². The number of aromatic amines is 1. The Bertz CT molecular complexity index is 4630. The first-order valence-corrected chi connectivity index (χ1v) is 45.9. The molecule has 670 valence electrons. The van der Waals surface area contributed by atoms with Crippen LogP contribution in [-0.4, -0.2) is 271 Å². The lowest BCUT2D eigenvalue weighted by atomic mass is 10.0. The average Bonchev–Trinajstić information content (AvgIpc) is 0.853. The normalized spacial score (nSPS) is 14.4. The summed E-state index contributed by atoms with van der Waals surface area (Å²) in [5, 5.41) is 35.0. The Morgan fingerprint density at radius 3 is 1.35 bits per heavy atom. The maximum atomic E-state index is 15.1. The van der Waals surface area contributed by atoms with Gasteiger partial charge < -0.3 is 79.9 Å². The highest BCUT2D eigenvalue weighted by molar-refractivity contribution is 7.89. The van der Waals surface area contributed by atoms with Crippen molar-refractivity contribution in [3.05, 3.63) is 96.2 Å². The van der Waals surface area contributed by atoms with E-state index in [9.17, 15) is 91.5 Å². The summed E-state index contributed by atoms with van der Waals surface area (Å²) in [7, 11) is -16.6. The molecule has 0 saturated carbocycles. The second kappa shape index (κ2) is 48.0. The van der Waals surface area contributed by atoms with Gasteiger partial charge in [0.2, 0.25) is 111 Å². The Kier molecular flexibility index (Phi) is 41.1. The van der Waals surface area contributed by atoms with Crippen LogP contribution in [0.2, 0.25) is 0 Å². The maximum Gasteiger partial charge on any atom is 0.243 e. The van der Waals surface area contributed by atoms with Crippen molar-refractivity contribution < 1.29 is 101 Å². The van der Waals surface area contributed by atoms with Crippen LogP contribution in [0, 0.1) is 23.7 Å². The van der Waals surface area contributed by atoms with Gasteiger partial charge in [-0.15, -0.1) is 0 Å². The van der Waals surface area contributed by atoms with Crippen molar-refractivity contribution >= 4 is 122 Å². The van der Waals surface area contributed by atoms with Crippen LogP contribution in [0.4, 0.5) is 0 Å². The molecule has 0 saturated heterocycles. The number of aromatic nitrogens is 1. The molecular formula is C77H121N17O22S4. The third kappa shape index (κ3) is 36.3. The quantitative estimate of drug-likeness (QED) is 0.0228. The lowest BCUT2D eigenvalue weighted by molar-refractivity contribution is -0.130. The number of sulfonamides is 4. The molecule has 4 aromatic rings. The van der Waals surface area contributed by atoms with E-state index in [-0.39, 0.29) is 62.5 Å². The summed E-state index contributed by atoms with van der Waals surface area (Å²) in [6, 6.07) is 7.91. The number of nitrogens with one attached hydrogen (secondary N) is 10. The number of nitrogens with zero attached hydrogens (tertiary/aromatic N) is 4. The fraction of sp³-hybridized carbons (Fsp3) is 0.584. The highest BCUT2D eigenvalue weighted by atomic mass is 32.2. The number of hydrogen-bond acceptors (Lipinski definition) is 22. The molecule has 12 amide bonds. The second-order valence-electron chi connectivity index (χ2n) is 31.5. The van der Waals surface area contributed by atoms with E-state index < -0.39 is 260 Å². The van der Waals surface area contributed by atoms with E-state index in [2.05, 4.69) is 52.8 Å². The van der Waals surface area contributed by atoms with Crippen molar-refractivity contribution in [1.29, 1.82) is 0 Å². The minimum Gasteiger partial charge on any atom is -0.497 e. The molecule has 43 heteroatoms. The minimum absolute atomic E-state index is 0.0915. The molecule has 0 bridgehead atoms. The molecule has 120 heavy (non-hydrogen) atoms. The van der Waals surface area contributed by atoms with Gasteiger partial charge in [0.1, 0.15) is 36.0 Å². The van der Waals surface area contributed by atoms with Crippen molar-refractivity contribution in [2.75, 3.05) is 84.3 Å². The van der Waals surface area contributed by atoms with E-state index >= 15 is 4.79 Å². The summed E-state index contributed by atoms with van der Waals surface area (Å²) >= 11 is 0. The van der Waals surface area contributed by atoms with E-state index in [1.54, 1.807) is 116 Å². The van der Waals surface area contributed by atoms with Crippen LogP contribution >= 0.6 is 0 Å². The number of benzene rings is 3. The van der Waals surface area contributed by atoms with Crippen LogP contribution in [0.1, 0.15) is 125 Å². The summed E-state index contributed by atoms with van der Waals surface area (Å²) in [5.74, 6) is -12.5. The number of methoxy groups -OCH3 is 1. The third-order valence-electron chi connectivity index (χ3n) is 18.6. The largest absolute Gasteiger partial charge is 0.497 e. The Morgan fingerprint density at radius 1 is 0.458 bits per heavy atom. The lowest BCUT2D eigenvalue weighted by Crippen LogP contribution is -2.58. The number of H-pyrrole nitrogens is 1. The molecule has 3 aromatic carbocycles. The topological polar surface area (TPSA) is 586 Å². The van der Waals surface area contributed by atoms with E-state index in [4.69, 9.17) is 21.9 Å². The summed E-state index contributed by atoms with van der Waals surface area (Å²) < 4.78 is 121. The highest BCUT2D eigenvalue weighted by Gasteiger charge is 2.38. The zero-order chi connectivity index (χ0) is 90.3. The van der Waals surface area contributed by atoms with Crippen LogP contribution in [0.5, 0.6) is 5.75 Å². The Morgan fingerprint density at radius 2 is 0.875 bits per heavy atom. The first-order chi connectivity index (χ1) is 55.9. The highest BCUT2D eigenvalue weighted by Crippen LogP contribution is 2.24. The van der Waals surface area contributed by atoms with Gasteiger partial charge in [0.15, 0.2) is 0 Å². The molecule has 0 fully saturated rings. The number of ether oxygens (including phenoxy) is 1. The SMILES string of the molecule is COc1ccc(S(=O)(=O)N(CC(=O)N[C@@H](CC(C)C)C(=O)N[C@@H](Cc2c[nH]c3ccccc23)CN(CC(=O)N[C@@H](CCC(N)=O)C(=O)N[C@@H](CC(C)C)CN(CC(=O)N[C@@H](C)C(N)=O)S(=O)(=O)CC(C)C)S(C)(=O)=O)C[C@H](CO)NC(=O)[C@H](Cc2ccccc2)NC(=O)CN(C[C@H](CC(C)C)NC(=O)[C@H](CCC(N)=O)NC(C)=O)S(C)(=O)=O)cc1. The molecule has 0 aliphatic heterocycles. The third-order valence-corrected chi connectivity index (χ3v) is 25.0. The smallest absolute Gasteiger partial charge is 0.243 e. The predicted molar refractivity (Wildman–Crippen MR) is 447 cm³/mol. The summed E-state index contributed by atoms with van der Waals surface area (Å²) in [4.78, 5) is 165. The number of aliphatic hydroxyl groups excluding tert-OH is 1. The summed E-state index contributed by atoms with van der Waals surface area (Å²) in [5.41, 5.74) is 17.8. The van der Waals surface area contributed by atoms with E-state index in [0.717, 1.165) is 40.2 Å². The Balaban J connectivity index is 1.72. The van der Waals surface area contributed by atoms with Crippen molar-refractivity contribution in [2.24, 2.45) is 40.9 Å². The molecule has 9 atom stereocenters. The van der Waals surface area contributed by atoms with Crippen LogP contribution in [0.3, 0.4) is 0 Å². The van der Waals surface area contributed by atoms with E-state index in [0.29, 0.717) is 30.6 Å². The average molecular weight is 1770 g/mol. The number of nitrogens with two attached hydrogens (primary N) is 3. The molecule has 17 N–H and O–H groups in total. The Hall–Kier alpha value is -9.76. The first-order valence-electron chi connectivity index (χ1n) is 39.1. The van der Waals surface area contributed by atoms with Gasteiger partial charge >= 0.3 is 0 Å². The number of amides is 12. The predicted octanol–water partition coefficient (Wildman–Crippen LogP) is -1.99. The van der Waals surface area contributed by atoms with E-state index in [1.165, 1.54) is 26.2 Å².